The highest BCUT2D eigenvalue weighted by Gasteiger charge is 2.11. The van der Waals surface area contributed by atoms with Crippen molar-refractivity contribution < 1.29 is 4.74 Å². The first-order chi connectivity index (χ1) is 12.7. The van der Waals surface area contributed by atoms with E-state index in [0.717, 1.165) is 42.9 Å². The van der Waals surface area contributed by atoms with Crippen molar-refractivity contribution in [2.75, 3.05) is 36.5 Å². The summed E-state index contributed by atoms with van der Waals surface area (Å²) in [5.74, 6) is 0. The molecule has 3 aromatic rings. The van der Waals surface area contributed by atoms with Crippen LogP contribution >= 0.6 is 11.6 Å². The molecule has 0 atom stereocenters. The van der Waals surface area contributed by atoms with Crippen LogP contribution in [0.5, 0.6) is 0 Å². The first-order valence-electron chi connectivity index (χ1n) is 8.67. The van der Waals surface area contributed by atoms with Crippen LogP contribution in [0.15, 0.2) is 53.3 Å². The maximum atomic E-state index is 12.3. The maximum Gasteiger partial charge on any atom is 0.253 e. The summed E-state index contributed by atoms with van der Waals surface area (Å²) in [6.45, 7) is 3.84. The Balaban J connectivity index is 1.47. The predicted molar refractivity (Wildman–Crippen MR) is 106 cm³/mol. The van der Waals surface area contributed by atoms with Crippen LogP contribution in [0.4, 0.5) is 11.4 Å². The van der Waals surface area contributed by atoms with Crippen molar-refractivity contribution in [3.05, 3.63) is 69.5 Å². The Kier molecular flexibility index (Phi) is 4.82. The van der Waals surface area contributed by atoms with Crippen LogP contribution in [0, 0.1) is 0 Å². The van der Waals surface area contributed by atoms with Gasteiger partial charge < -0.3 is 19.9 Å². The lowest BCUT2D eigenvalue weighted by Crippen LogP contribution is -2.36. The largest absolute Gasteiger partial charge is 0.381 e. The van der Waals surface area contributed by atoms with Gasteiger partial charge in [0.25, 0.3) is 5.56 Å². The van der Waals surface area contributed by atoms with Crippen LogP contribution in [-0.2, 0) is 11.3 Å². The van der Waals surface area contributed by atoms with Crippen molar-refractivity contribution >= 4 is 33.9 Å². The van der Waals surface area contributed by atoms with Crippen LogP contribution in [-0.4, -0.2) is 31.3 Å². The topological polar surface area (TPSA) is 57.4 Å². The number of aromatic nitrogens is 1. The number of anilines is 2. The van der Waals surface area contributed by atoms with Gasteiger partial charge in [-0.3, -0.25) is 4.79 Å². The van der Waals surface area contributed by atoms with Crippen molar-refractivity contribution in [3.8, 4) is 0 Å². The van der Waals surface area contributed by atoms with Crippen LogP contribution in [0.2, 0.25) is 5.02 Å². The van der Waals surface area contributed by atoms with E-state index in [9.17, 15) is 4.79 Å². The van der Waals surface area contributed by atoms with Crippen molar-refractivity contribution in [1.82, 2.24) is 4.98 Å². The minimum Gasteiger partial charge on any atom is -0.381 e. The molecule has 1 saturated heterocycles. The van der Waals surface area contributed by atoms with E-state index in [1.807, 2.05) is 30.3 Å². The Labute approximate surface area is 156 Å². The summed E-state index contributed by atoms with van der Waals surface area (Å²) in [6.07, 6.45) is 0. The number of ether oxygens (including phenoxy) is 1. The third-order valence-electron chi connectivity index (χ3n) is 4.61. The second-order valence-corrected chi connectivity index (χ2v) is 6.79. The summed E-state index contributed by atoms with van der Waals surface area (Å²) >= 11 is 6.04. The number of H-pyrrole nitrogens is 1. The molecule has 4 rings (SSSR count). The van der Waals surface area contributed by atoms with Crippen LogP contribution in [0.3, 0.4) is 0 Å². The lowest BCUT2D eigenvalue weighted by molar-refractivity contribution is 0.122. The van der Waals surface area contributed by atoms with Crippen LogP contribution in [0.1, 0.15) is 5.56 Å². The second-order valence-electron chi connectivity index (χ2n) is 6.36. The number of aromatic amines is 1. The SMILES string of the molecule is O=c1[nH]c2ccc(Cl)cc2cc1CNc1ccc(N2CCOCC2)cc1. The lowest BCUT2D eigenvalue weighted by atomic mass is 10.1. The Morgan fingerprint density at radius 1 is 1.08 bits per heavy atom. The summed E-state index contributed by atoms with van der Waals surface area (Å²) < 4.78 is 5.39. The molecule has 5 nitrogen and oxygen atoms in total. The highest BCUT2D eigenvalue weighted by Crippen LogP contribution is 2.20. The summed E-state index contributed by atoms with van der Waals surface area (Å²) in [5, 5.41) is 4.90. The molecule has 0 amide bonds. The van der Waals surface area contributed by atoms with Gasteiger partial charge in [0.1, 0.15) is 0 Å². The standard InChI is InChI=1S/C20H20ClN3O2/c21-16-1-6-19-14(12-16)11-15(20(25)23-19)13-22-17-2-4-18(5-3-17)24-7-9-26-10-8-24/h1-6,11-12,22H,7-10,13H2,(H,23,25). The molecule has 0 bridgehead atoms. The average Bonchev–Trinajstić information content (AvgIpc) is 2.68. The molecule has 2 N–H and O–H groups in total. The predicted octanol–water partition coefficient (Wildman–Crippen LogP) is 3.63. The lowest BCUT2D eigenvalue weighted by Gasteiger charge is -2.28. The van der Waals surface area contributed by atoms with E-state index < -0.39 is 0 Å². The molecule has 2 aromatic carbocycles. The van der Waals surface area contributed by atoms with E-state index in [-0.39, 0.29) is 5.56 Å². The molecule has 0 spiro atoms. The average molecular weight is 370 g/mol. The first kappa shape index (κ1) is 16.9. The summed E-state index contributed by atoms with van der Waals surface area (Å²) in [4.78, 5) is 17.5. The zero-order valence-corrected chi connectivity index (χ0v) is 15.1. The van der Waals surface area contributed by atoms with Gasteiger partial charge in [0, 0.05) is 52.5 Å². The van der Waals surface area contributed by atoms with Gasteiger partial charge >= 0.3 is 0 Å². The van der Waals surface area contributed by atoms with E-state index in [0.29, 0.717) is 17.1 Å². The molecule has 0 saturated carbocycles. The number of hydrogen-bond acceptors (Lipinski definition) is 4. The molecule has 1 aromatic heterocycles. The van der Waals surface area contributed by atoms with E-state index >= 15 is 0 Å². The van der Waals surface area contributed by atoms with E-state index in [1.165, 1.54) is 5.69 Å². The van der Waals surface area contributed by atoms with E-state index in [1.54, 1.807) is 6.07 Å². The summed E-state index contributed by atoms with van der Waals surface area (Å²) in [7, 11) is 0. The van der Waals surface area contributed by atoms with Crippen molar-refractivity contribution in [3.63, 3.8) is 0 Å². The third kappa shape index (κ3) is 3.69. The van der Waals surface area contributed by atoms with Gasteiger partial charge in [-0.2, -0.15) is 0 Å². The fourth-order valence-corrected chi connectivity index (χ4v) is 3.34. The van der Waals surface area contributed by atoms with E-state index in [2.05, 4.69) is 27.3 Å². The summed E-state index contributed by atoms with van der Waals surface area (Å²) in [6, 6.07) is 15.6. The molecule has 26 heavy (non-hydrogen) atoms. The van der Waals surface area contributed by atoms with Crippen molar-refractivity contribution in [2.45, 2.75) is 6.54 Å². The minimum atomic E-state index is -0.0859. The fraction of sp³-hybridized carbons (Fsp3) is 0.250. The van der Waals surface area contributed by atoms with Gasteiger partial charge in [0.2, 0.25) is 0 Å². The highest BCUT2D eigenvalue weighted by atomic mass is 35.5. The summed E-state index contributed by atoms with van der Waals surface area (Å²) in [5.41, 5.74) is 3.55. The number of hydrogen-bond donors (Lipinski definition) is 2. The monoisotopic (exact) mass is 369 g/mol. The van der Waals surface area contributed by atoms with Gasteiger partial charge in [-0.05, 0) is 48.5 Å². The Morgan fingerprint density at radius 3 is 2.62 bits per heavy atom. The molecule has 1 fully saturated rings. The molecule has 6 heteroatoms. The number of halogens is 1. The van der Waals surface area contributed by atoms with Crippen molar-refractivity contribution in [2.24, 2.45) is 0 Å². The maximum absolute atomic E-state index is 12.3. The second kappa shape index (κ2) is 7.40. The molecular weight excluding hydrogens is 350 g/mol. The first-order valence-corrected chi connectivity index (χ1v) is 9.05. The number of morpholine rings is 1. The quantitative estimate of drug-likeness (QED) is 0.737. The number of nitrogens with zero attached hydrogens (tertiary/aromatic N) is 1. The third-order valence-corrected chi connectivity index (χ3v) is 4.84. The molecule has 2 heterocycles. The molecular formula is C20H20ClN3O2. The van der Waals surface area contributed by atoms with Gasteiger partial charge in [-0.1, -0.05) is 11.6 Å². The number of benzene rings is 2. The zero-order valence-electron chi connectivity index (χ0n) is 14.3. The number of nitrogens with one attached hydrogen (secondary N) is 2. The van der Waals surface area contributed by atoms with E-state index in [4.69, 9.17) is 16.3 Å². The fourth-order valence-electron chi connectivity index (χ4n) is 3.16. The molecule has 0 unspecified atom stereocenters. The normalized spacial score (nSPS) is 14.6. The molecule has 1 aliphatic heterocycles. The zero-order chi connectivity index (χ0) is 17.9. The smallest absolute Gasteiger partial charge is 0.253 e. The van der Waals surface area contributed by atoms with Gasteiger partial charge in [-0.15, -0.1) is 0 Å². The molecule has 134 valence electrons. The molecule has 0 radical (unpaired) electrons. The number of rotatable bonds is 4. The van der Waals surface area contributed by atoms with Crippen LogP contribution < -0.4 is 15.8 Å². The van der Waals surface area contributed by atoms with Crippen LogP contribution in [0.25, 0.3) is 10.9 Å². The van der Waals surface area contributed by atoms with Gasteiger partial charge in [0.15, 0.2) is 0 Å². The number of pyridine rings is 1. The van der Waals surface area contributed by atoms with Gasteiger partial charge in [-0.25, -0.2) is 0 Å². The Morgan fingerprint density at radius 2 is 1.85 bits per heavy atom. The number of fused-ring (bicyclic) bond motifs is 1. The Hall–Kier alpha value is -2.50. The van der Waals surface area contributed by atoms with Crippen molar-refractivity contribution in [1.29, 1.82) is 0 Å². The highest BCUT2D eigenvalue weighted by molar-refractivity contribution is 6.31. The molecule has 1 aliphatic rings. The Bertz CT molecular complexity index is 963. The van der Waals surface area contributed by atoms with Gasteiger partial charge in [0.05, 0.1) is 13.2 Å². The molecule has 0 aliphatic carbocycles. The minimum absolute atomic E-state index is 0.0859.